The smallest absolute Gasteiger partial charge is 0.308 e. The zero-order valence-electron chi connectivity index (χ0n) is 13.7. The molecule has 0 radical (unpaired) electrons. The van der Waals surface area contributed by atoms with Gasteiger partial charge in [0.2, 0.25) is 11.7 Å². The van der Waals surface area contributed by atoms with Crippen molar-refractivity contribution >= 4 is 46.4 Å². The van der Waals surface area contributed by atoms with Crippen molar-refractivity contribution in [3.05, 3.63) is 46.2 Å². The number of esters is 1. The molecule has 2 heterocycles. The predicted octanol–water partition coefficient (Wildman–Crippen LogP) is 3.31. The van der Waals surface area contributed by atoms with Gasteiger partial charge >= 0.3 is 5.97 Å². The number of thiophene rings is 1. The van der Waals surface area contributed by atoms with Gasteiger partial charge in [0.05, 0.1) is 22.7 Å². The largest absolute Gasteiger partial charge is 0.457 e. The lowest BCUT2D eigenvalue weighted by molar-refractivity contribution is -0.142. The third-order valence-electron chi connectivity index (χ3n) is 3.73. The molecule has 2 aromatic rings. The van der Waals surface area contributed by atoms with Gasteiger partial charge in [-0.05, 0) is 31.2 Å². The number of hydrogen-bond acceptors (Lipinski definition) is 6. The van der Waals surface area contributed by atoms with Gasteiger partial charge in [-0.2, -0.15) is 0 Å². The van der Waals surface area contributed by atoms with Gasteiger partial charge in [0.1, 0.15) is 0 Å². The Morgan fingerprint density at radius 3 is 2.76 bits per heavy atom. The zero-order valence-corrected chi connectivity index (χ0v) is 15.3. The van der Waals surface area contributed by atoms with Gasteiger partial charge in [0.15, 0.2) is 6.61 Å². The maximum Gasteiger partial charge on any atom is 0.308 e. The second-order valence-electron chi connectivity index (χ2n) is 5.55. The zero-order chi connectivity index (χ0) is 17.8. The molecular weight excluding hydrogens is 358 g/mol. The number of ether oxygens (including phenoxy) is 1. The van der Waals surface area contributed by atoms with Gasteiger partial charge in [0.25, 0.3) is 0 Å². The molecule has 1 aromatic heterocycles. The quantitative estimate of drug-likeness (QED) is 0.572. The van der Waals surface area contributed by atoms with Gasteiger partial charge in [-0.1, -0.05) is 12.1 Å². The Kier molecular flexibility index (Phi) is 5.55. The first-order chi connectivity index (χ1) is 12.0. The Hall–Kier alpha value is -2.12. The van der Waals surface area contributed by atoms with Crippen molar-refractivity contribution in [1.82, 2.24) is 0 Å². The van der Waals surface area contributed by atoms with Crippen LogP contribution >= 0.6 is 23.1 Å². The second kappa shape index (κ2) is 7.84. The number of benzene rings is 1. The van der Waals surface area contributed by atoms with E-state index in [0.717, 1.165) is 15.5 Å². The number of ketones is 1. The minimum Gasteiger partial charge on any atom is -0.457 e. The number of carbonyl (C=O) groups excluding carboxylic acids is 3. The number of carbonyl (C=O) groups is 3. The van der Waals surface area contributed by atoms with E-state index in [2.05, 4.69) is 0 Å². The molecule has 0 saturated carbocycles. The monoisotopic (exact) mass is 375 g/mol. The van der Waals surface area contributed by atoms with E-state index in [4.69, 9.17) is 4.74 Å². The van der Waals surface area contributed by atoms with E-state index in [1.54, 1.807) is 11.0 Å². The summed E-state index contributed by atoms with van der Waals surface area (Å²) in [6.07, 6.45) is 0.0570. The van der Waals surface area contributed by atoms with Gasteiger partial charge < -0.3 is 9.64 Å². The Balaban J connectivity index is 1.52. The van der Waals surface area contributed by atoms with E-state index in [0.29, 0.717) is 10.6 Å². The third kappa shape index (κ3) is 4.29. The Labute approximate surface area is 154 Å². The highest BCUT2D eigenvalue weighted by Crippen LogP contribution is 2.34. The van der Waals surface area contributed by atoms with Crippen molar-refractivity contribution in [2.75, 3.05) is 23.8 Å². The standard InChI is InChI=1S/C18H17NO4S2/c1-12-6-7-16(25-12)14(20)10-23-18(22)8-9-19-13-4-2-3-5-15(13)24-11-17(19)21/h2-7H,8-11H2,1H3. The second-order valence-corrected chi connectivity index (χ2v) is 7.85. The average Bonchev–Trinajstić information content (AvgIpc) is 3.05. The molecule has 0 saturated heterocycles. The Morgan fingerprint density at radius 2 is 2.00 bits per heavy atom. The van der Waals surface area contributed by atoms with Crippen LogP contribution in [0.3, 0.4) is 0 Å². The molecule has 25 heavy (non-hydrogen) atoms. The number of amides is 1. The number of thioether (sulfide) groups is 1. The topological polar surface area (TPSA) is 63.7 Å². The molecule has 1 aliphatic heterocycles. The van der Waals surface area contributed by atoms with Gasteiger partial charge in [0, 0.05) is 16.3 Å². The van der Waals surface area contributed by atoms with Crippen LogP contribution in [-0.4, -0.2) is 36.6 Å². The predicted molar refractivity (Wildman–Crippen MR) is 98.5 cm³/mol. The van der Waals surface area contributed by atoms with Crippen molar-refractivity contribution in [1.29, 1.82) is 0 Å². The third-order valence-corrected chi connectivity index (χ3v) is 5.82. The number of nitrogens with zero attached hydrogens (tertiary/aromatic N) is 1. The van der Waals surface area contributed by atoms with Crippen LogP contribution in [0.25, 0.3) is 0 Å². The molecule has 130 valence electrons. The fourth-order valence-electron chi connectivity index (χ4n) is 2.48. The fourth-order valence-corrected chi connectivity index (χ4v) is 4.20. The first-order valence-corrected chi connectivity index (χ1v) is 9.62. The molecule has 0 aliphatic carbocycles. The molecule has 0 N–H and O–H groups in total. The molecule has 0 fully saturated rings. The number of hydrogen-bond donors (Lipinski definition) is 0. The van der Waals surface area contributed by atoms with Gasteiger partial charge in [-0.3, -0.25) is 14.4 Å². The van der Waals surface area contributed by atoms with E-state index in [1.807, 2.05) is 37.3 Å². The summed E-state index contributed by atoms with van der Waals surface area (Å²) in [4.78, 5) is 40.3. The number of para-hydroxylation sites is 1. The Bertz CT molecular complexity index is 815. The molecule has 1 aromatic carbocycles. The lowest BCUT2D eigenvalue weighted by Gasteiger charge is -2.28. The van der Waals surface area contributed by atoms with Crippen LogP contribution in [-0.2, 0) is 14.3 Å². The fraction of sp³-hybridized carbons (Fsp3) is 0.278. The molecule has 1 amide bonds. The highest BCUT2D eigenvalue weighted by atomic mass is 32.2. The number of Topliss-reactive ketones (excluding diaryl/α,β-unsaturated/α-hetero) is 1. The van der Waals surface area contributed by atoms with Crippen LogP contribution in [0.2, 0.25) is 0 Å². The summed E-state index contributed by atoms with van der Waals surface area (Å²) >= 11 is 2.88. The normalized spacial score (nSPS) is 13.5. The molecule has 0 unspecified atom stereocenters. The van der Waals surface area contributed by atoms with E-state index in [1.165, 1.54) is 23.1 Å². The van der Waals surface area contributed by atoms with Crippen molar-refractivity contribution in [3.63, 3.8) is 0 Å². The number of aryl methyl sites for hydroxylation is 1. The lowest BCUT2D eigenvalue weighted by Crippen LogP contribution is -2.37. The molecule has 3 rings (SSSR count). The summed E-state index contributed by atoms with van der Waals surface area (Å²) in [5, 5.41) is 0. The minimum absolute atomic E-state index is 0.0263. The van der Waals surface area contributed by atoms with Crippen molar-refractivity contribution < 1.29 is 19.1 Å². The van der Waals surface area contributed by atoms with Crippen LogP contribution in [0.1, 0.15) is 21.0 Å². The summed E-state index contributed by atoms with van der Waals surface area (Å²) in [5.41, 5.74) is 0.821. The molecule has 0 atom stereocenters. The molecule has 0 spiro atoms. The van der Waals surface area contributed by atoms with Gasteiger partial charge in [-0.15, -0.1) is 23.1 Å². The number of fused-ring (bicyclic) bond motifs is 1. The first kappa shape index (κ1) is 17.7. The summed E-state index contributed by atoms with van der Waals surface area (Å²) in [6, 6.07) is 11.2. The molecular formula is C18H17NO4S2. The maximum atomic E-state index is 12.1. The molecule has 5 nitrogen and oxygen atoms in total. The van der Waals surface area contributed by atoms with Gasteiger partial charge in [-0.25, -0.2) is 0 Å². The van der Waals surface area contributed by atoms with Crippen molar-refractivity contribution in [3.8, 4) is 0 Å². The SMILES string of the molecule is Cc1ccc(C(=O)COC(=O)CCN2C(=O)CSc3ccccc32)s1. The van der Waals surface area contributed by atoms with E-state index in [-0.39, 0.29) is 31.3 Å². The van der Waals surface area contributed by atoms with Crippen LogP contribution < -0.4 is 4.90 Å². The van der Waals surface area contributed by atoms with E-state index >= 15 is 0 Å². The average molecular weight is 375 g/mol. The van der Waals surface area contributed by atoms with E-state index < -0.39 is 5.97 Å². The lowest BCUT2D eigenvalue weighted by atomic mass is 10.2. The van der Waals surface area contributed by atoms with Crippen LogP contribution in [0.5, 0.6) is 0 Å². The maximum absolute atomic E-state index is 12.1. The van der Waals surface area contributed by atoms with E-state index in [9.17, 15) is 14.4 Å². The van der Waals surface area contributed by atoms with Crippen molar-refractivity contribution in [2.24, 2.45) is 0 Å². The molecule has 0 bridgehead atoms. The molecule has 1 aliphatic rings. The number of rotatable bonds is 6. The summed E-state index contributed by atoms with van der Waals surface area (Å²) < 4.78 is 5.06. The Morgan fingerprint density at radius 1 is 1.20 bits per heavy atom. The highest BCUT2D eigenvalue weighted by molar-refractivity contribution is 8.00. The van der Waals surface area contributed by atoms with Crippen molar-refractivity contribution in [2.45, 2.75) is 18.2 Å². The summed E-state index contributed by atoms with van der Waals surface area (Å²) in [5.74, 6) is -0.351. The van der Waals surface area contributed by atoms with Crippen LogP contribution in [0, 0.1) is 6.92 Å². The van der Waals surface area contributed by atoms with Crippen LogP contribution in [0.15, 0.2) is 41.3 Å². The summed E-state index contributed by atoms with van der Waals surface area (Å²) in [7, 11) is 0. The van der Waals surface area contributed by atoms with Crippen LogP contribution in [0.4, 0.5) is 5.69 Å². The highest BCUT2D eigenvalue weighted by Gasteiger charge is 2.25. The molecule has 7 heteroatoms. The first-order valence-electron chi connectivity index (χ1n) is 7.82. The summed E-state index contributed by atoms with van der Waals surface area (Å²) in [6.45, 7) is 1.90. The number of anilines is 1. The minimum atomic E-state index is -0.481.